The van der Waals surface area contributed by atoms with Gasteiger partial charge in [-0.3, -0.25) is 4.79 Å². The molecule has 6 atom stereocenters. The maximum atomic E-state index is 14.9. The minimum absolute atomic E-state index is 0.0552. The first-order valence-corrected chi connectivity index (χ1v) is 20.1. The number of carbonyl (C=O) groups is 1. The van der Waals surface area contributed by atoms with Crippen molar-refractivity contribution < 1.29 is 43.9 Å². The first kappa shape index (κ1) is 39.4. The standard InChI is InChI=1S/C45H54N2O9/c1-3-20-47(44(51)32-16-18-39-40(25-32)53-29-52-39)41-27-37(46-55-28-30-12-6-5-7-13-30)35-24-31(14-8-10-21-48)34(15-9-11-22-49)42-36-26-33(50)17-19-38(36)56-45(41,43(35)42)54-23-4-2/h4-7,12-13,16-19,24-26,31,34,41-43,48-50H,2-3,8-11,14-15,20-23,27-29H2,1H3/t31-,34+,41-,42+,43+,45+/m0/s1. The van der Waals surface area contributed by atoms with Crippen LogP contribution in [0.3, 0.4) is 0 Å². The Morgan fingerprint density at radius 3 is 2.52 bits per heavy atom. The average molecular weight is 767 g/mol. The fraction of sp³-hybridized carbons (Fsp3) is 0.467. The Kier molecular flexibility index (Phi) is 12.6. The zero-order chi connectivity index (χ0) is 39.1. The number of ether oxygens (including phenoxy) is 4. The topological polar surface area (TPSA) is 140 Å². The van der Waals surface area contributed by atoms with Gasteiger partial charge in [-0.1, -0.05) is 67.4 Å². The maximum Gasteiger partial charge on any atom is 0.254 e. The number of amides is 1. The van der Waals surface area contributed by atoms with Crippen molar-refractivity contribution >= 4 is 11.6 Å². The molecule has 7 rings (SSSR count). The SMILES string of the molecule is C=CCO[C@@]12Oc3ccc(O)cc3[C@H]3[C@H](CCCCO)[C@@H](CCCCO)C=C(C(=NOCc4ccccc4)C[C@@H]1N(CCC)C(=O)c1ccc4c(c1)OCO4)[C@H]32. The molecule has 0 unspecified atom stereocenters. The van der Waals surface area contributed by atoms with Crippen LogP contribution in [0.15, 0.2) is 96.2 Å². The molecule has 4 aliphatic rings. The number of nitrogens with zero attached hydrogens (tertiary/aromatic N) is 2. The molecular formula is C45H54N2O9. The second kappa shape index (κ2) is 18.0. The van der Waals surface area contributed by atoms with E-state index >= 15 is 0 Å². The van der Waals surface area contributed by atoms with Crippen LogP contribution in [0.5, 0.6) is 23.0 Å². The van der Waals surface area contributed by atoms with Gasteiger partial charge in [0.1, 0.15) is 24.1 Å². The van der Waals surface area contributed by atoms with Crippen molar-refractivity contribution in [1.29, 1.82) is 0 Å². The molecule has 2 aliphatic heterocycles. The molecule has 2 aliphatic carbocycles. The number of aliphatic hydroxyl groups is 2. The van der Waals surface area contributed by atoms with E-state index in [1.165, 1.54) is 0 Å². The number of phenolic OH excluding ortho intramolecular Hbond substituents is 1. The molecule has 3 aromatic rings. The zero-order valence-corrected chi connectivity index (χ0v) is 32.2. The molecular weight excluding hydrogens is 713 g/mol. The van der Waals surface area contributed by atoms with Crippen LogP contribution in [-0.2, 0) is 16.2 Å². The summed E-state index contributed by atoms with van der Waals surface area (Å²) in [6.45, 7) is 7.18. The fourth-order valence-corrected chi connectivity index (χ4v) is 9.25. The Bertz CT molecular complexity index is 1900. The van der Waals surface area contributed by atoms with Crippen LogP contribution < -0.4 is 14.2 Å². The number of carbonyl (C=O) groups excluding carboxylic acids is 1. The zero-order valence-electron chi connectivity index (χ0n) is 32.2. The number of fused-ring (bicyclic) bond motifs is 3. The monoisotopic (exact) mass is 766 g/mol. The molecule has 0 spiro atoms. The van der Waals surface area contributed by atoms with E-state index in [0.717, 1.165) is 42.4 Å². The van der Waals surface area contributed by atoms with Gasteiger partial charge in [-0.25, -0.2) is 0 Å². The van der Waals surface area contributed by atoms with Crippen LogP contribution in [-0.4, -0.2) is 76.8 Å². The van der Waals surface area contributed by atoms with E-state index in [1.807, 2.05) is 42.2 Å². The second-order valence-electron chi connectivity index (χ2n) is 15.1. The van der Waals surface area contributed by atoms with Crippen molar-refractivity contribution in [3.05, 3.63) is 108 Å². The number of hydrogen-bond acceptors (Lipinski definition) is 10. The quantitative estimate of drug-likeness (QED) is 0.0682. The highest BCUT2D eigenvalue weighted by Gasteiger charge is 2.65. The second-order valence-corrected chi connectivity index (χ2v) is 15.1. The third-order valence-electron chi connectivity index (χ3n) is 11.6. The minimum atomic E-state index is -1.39. The highest BCUT2D eigenvalue weighted by atomic mass is 16.7. The number of aliphatic hydroxyl groups excluding tert-OH is 2. The van der Waals surface area contributed by atoms with E-state index in [1.54, 1.807) is 42.5 Å². The molecule has 0 aromatic heterocycles. The van der Waals surface area contributed by atoms with Crippen LogP contribution in [0, 0.1) is 17.8 Å². The van der Waals surface area contributed by atoms with Crippen molar-refractivity contribution in [2.45, 2.75) is 82.6 Å². The summed E-state index contributed by atoms with van der Waals surface area (Å²) in [6.07, 6.45) is 9.57. The van der Waals surface area contributed by atoms with E-state index < -0.39 is 17.7 Å². The summed E-state index contributed by atoms with van der Waals surface area (Å²) < 4.78 is 25.5. The summed E-state index contributed by atoms with van der Waals surface area (Å²) in [6, 6.07) is 19.7. The molecule has 3 aromatic carbocycles. The molecule has 56 heavy (non-hydrogen) atoms. The Labute approximate surface area is 329 Å². The van der Waals surface area contributed by atoms with Gasteiger partial charge in [-0.05, 0) is 91.5 Å². The summed E-state index contributed by atoms with van der Waals surface area (Å²) >= 11 is 0. The first-order valence-electron chi connectivity index (χ1n) is 20.1. The number of phenols is 1. The van der Waals surface area contributed by atoms with E-state index in [0.29, 0.717) is 54.3 Å². The summed E-state index contributed by atoms with van der Waals surface area (Å²) in [5.74, 6) is -0.315. The van der Waals surface area contributed by atoms with Crippen LogP contribution in [0.2, 0.25) is 0 Å². The molecule has 0 radical (unpaired) electrons. The fourth-order valence-electron chi connectivity index (χ4n) is 9.25. The lowest BCUT2D eigenvalue weighted by atomic mass is 9.55. The number of oxime groups is 1. The van der Waals surface area contributed by atoms with Gasteiger partial charge in [-0.2, -0.15) is 0 Å². The van der Waals surface area contributed by atoms with Gasteiger partial charge in [0.2, 0.25) is 12.6 Å². The highest BCUT2D eigenvalue weighted by Crippen LogP contribution is 2.62. The van der Waals surface area contributed by atoms with Crippen LogP contribution in [0.4, 0.5) is 0 Å². The van der Waals surface area contributed by atoms with Crippen molar-refractivity contribution in [2.24, 2.45) is 22.9 Å². The molecule has 1 amide bonds. The Morgan fingerprint density at radius 1 is 0.982 bits per heavy atom. The molecule has 2 heterocycles. The van der Waals surface area contributed by atoms with Crippen LogP contribution in [0.1, 0.15) is 85.7 Å². The average Bonchev–Trinajstić information content (AvgIpc) is 3.69. The van der Waals surface area contributed by atoms with Gasteiger partial charge in [0.25, 0.3) is 5.91 Å². The number of hydrogen-bond donors (Lipinski definition) is 3. The van der Waals surface area contributed by atoms with E-state index in [9.17, 15) is 20.1 Å². The molecule has 11 nitrogen and oxygen atoms in total. The van der Waals surface area contributed by atoms with Gasteiger partial charge in [0.15, 0.2) is 11.5 Å². The number of unbranched alkanes of at least 4 members (excludes halogenated alkanes) is 2. The molecule has 11 heteroatoms. The van der Waals surface area contributed by atoms with E-state index in [4.69, 9.17) is 28.9 Å². The number of aromatic hydroxyl groups is 1. The maximum absolute atomic E-state index is 14.9. The van der Waals surface area contributed by atoms with Crippen LogP contribution >= 0.6 is 0 Å². The summed E-state index contributed by atoms with van der Waals surface area (Å²) in [4.78, 5) is 23.0. The van der Waals surface area contributed by atoms with Gasteiger partial charge in [0.05, 0.1) is 18.2 Å². The normalized spacial score (nSPS) is 25.1. The lowest BCUT2D eigenvalue weighted by Crippen LogP contribution is -2.70. The highest BCUT2D eigenvalue weighted by molar-refractivity contribution is 6.03. The Balaban J connectivity index is 1.42. The molecule has 0 bridgehead atoms. The number of benzene rings is 3. The van der Waals surface area contributed by atoms with Crippen LogP contribution in [0.25, 0.3) is 0 Å². The third-order valence-corrected chi connectivity index (χ3v) is 11.6. The summed E-state index contributed by atoms with van der Waals surface area (Å²) in [7, 11) is 0. The van der Waals surface area contributed by atoms with Crippen molar-refractivity contribution in [1.82, 2.24) is 4.90 Å². The summed E-state index contributed by atoms with van der Waals surface area (Å²) in [5.41, 5.74) is 3.95. The number of allylic oxidation sites excluding steroid dienone is 1. The molecule has 3 N–H and O–H groups in total. The van der Waals surface area contributed by atoms with Gasteiger partial charge in [-0.15, -0.1) is 6.58 Å². The minimum Gasteiger partial charge on any atom is -0.508 e. The van der Waals surface area contributed by atoms with Gasteiger partial charge < -0.3 is 44.0 Å². The predicted molar refractivity (Wildman–Crippen MR) is 212 cm³/mol. The van der Waals surface area contributed by atoms with Crippen molar-refractivity contribution in [3.63, 3.8) is 0 Å². The molecule has 0 saturated heterocycles. The first-order chi connectivity index (χ1) is 27.4. The smallest absolute Gasteiger partial charge is 0.254 e. The van der Waals surface area contributed by atoms with E-state index in [-0.39, 0.29) is 69.1 Å². The Hall–Kier alpha value is -4.84. The number of rotatable bonds is 18. The molecule has 1 fully saturated rings. The lowest BCUT2D eigenvalue weighted by Gasteiger charge is -2.60. The molecule has 298 valence electrons. The van der Waals surface area contributed by atoms with Crippen molar-refractivity contribution in [2.75, 3.05) is 33.2 Å². The third kappa shape index (κ3) is 7.90. The van der Waals surface area contributed by atoms with E-state index in [2.05, 4.69) is 12.7 Å². The predicted octanol–water partition coefficient (Wildman–Crippen LogP) is 7.51. The van der Waals surface area contributed by atoms with Crippen molar-refractivity contribution in [3.8, 4) is 23.0 Å². The lowest BCUT2D eigenvalue weighted by molar-refractivity contribution is -0.254. The van der Waals surface area contributed by atoms with Gasteiger partial charge in [0, 0.05) is 43.2 Å². The Morgan fingerprint density at radius 2 is 1.75 bits per heavy atom. The summed E-state index contributed by atoms with van der Waals surface area (Å²) in [5, 5.41) is 35.5. The molecule has 1 saturated carbocycles. The van der Waals surface area contributed by atoms with Gasteiger partial charge >= 0.3 is 0 Å². The largest absolute Gasteiger partial charge is 0.508 e.